The van der Waals surface area contributed by atoms with Crippen LogP contribution < -0.4 is 9.47 Å². The zero-order valence-corrected chi connectivity index (χ0v) is 9.53. The second-order valence-electron chi connectivity index (χ2n) is 3.43. The standard InChI is InChI=1S/C11H13F3O2/c1-6-5-8(15-3)9(11(12,13)14)10(16-4)7(6)2/h5H,1-4H3. The SMILES string of the molecule is COc1cc(C)c(C)c(OC)c1C(F)(F)F. The van der Waals surface area contributed by atoms with Crippen LogP contribution in [0.5, 0.6) is 11.5 Å². The summed E-state index contributed by atoms with van der Waals surface area (Å²) in [5.41, 5.74) is 0.304. The van der Waals surface area contributed by atoms with Gasteiger partial charge in [0.2, 0.25) is 0 Å². The van der Waals surface area contributed by atoms with Crippen molar-refractivity contribution in [3.05, 3.63) is 22.8 Å². The fourth-order valence-corrected chi connectivity index (χ4v) is 1.54. The molecule has 0 atom stereocenters. The molecular weight excluding hydrogens is 221 g/mol. The van der Waals surface area contributed by atoms with Crippen molar-refractivity contribution in [3.8, 4) is 11.5 Å². The van der Waals surface area contributed by atoms with E-state index in [0.717, 1.165) is 0 Å². The fraction of sp³-hybridized carbons (Fsp3) is 0.455. The van der Waals surface area contributed by atoms with Crippen molar-refractivity contribution in [1.29, 1.82) is 0 Å². The molecule has 1 aromatic carbocycles. The first-order chi connectivity index (χ1) is 7.32. The Labute approximate surface area is 92.0 Å². The lowest BCUT2D eigenvalue weighted by Gasteiger charge is -2.19. The quantitative estimate of drug-likeness (QED) is 0.781. The molecule has 16 heavy (non-hydrogen) atoms. The van der Waals surface area contributed by atoms with Crippen molar-refractivity contribution in [1.82, 2.24) is 0 Å². The lowest BCUT2D eigenvalue weighted by Crippen LogP contribution is -2.11. The number of methoxy groups -OCH3 is 2. The molecule has 0 saturated heterocycles. The van der Waals surface area contributed by atoms with Gasteiger partial charge in [0, 0.05) is 0 Å². The third-order valence-corrected chi connectivity index (χ3v) is 2.46. The van der Waals surface area contributed by atoms with Gasteiger partial charge in [-0.3, -0.25) is 0 Å². The van der Waals surface area contributed by atoms with Crippen molar-refractivity contribution in [2.24, 2.45) is 0 Å². The summed E-state index contributed by atoms with van der Waals surface area (Å²) in [7, 11) is 2.43. The highest BCUT2D eigenvalue weighted by molar-refractivity contribution is 5.54. The molecule has 0 N–H and O–H groups in total. The van der Waals surface area contributed by atoms with E-state index in [2.05, 4.69) is 0 Å². The summed E-state index contributed by atoms with van der Waals surface area (Å²) in [4.78, 5) is 0. The van der Waals surface area contributed by atoms with Crippen LogP contribution in [0.25, 0.3) is 0 Å². The van der Waals surface area contributed by atoms with Gasteiger partial charge >= 0.3 is 6.18 Å². The third kappa shape index (κ3) is 2.08. The van der Waals surface area contributed by atoms with Crippen LogP contribution in [-0.4, -0.2) is 14.2 Å². The highest BCUT2D eigenvalue weighted by Crippen LogP contribution is 2.45. The van der Waals surface area contributed by atoms with E-state index in [9.17, 15) is 13.2 Å². The molecule has 1 aromatic rings. The molecular formula is C11H13F3O2. The average Bonchev–Trinajstić information content (AvgIpc) is 2.19. The van der Waals surface area contributed by atoms with E-state index < -0.39 is 11.7 Å². The maximum Gasteiger partial charge on any atom is 0.423 e. The van der Waals surface area contributed by atoms with Gasteiger partial charge in [-0.25, -0.2) is 0 Å². The molecule has 5 heteroatoms. The molecule has 0 aliphatic heterocycles. The summed E-state index contributed by atoms with van der Waals surface area (Å²) >= 11 is 0. The molecule has 0 aromatic heterocycles. The molecule has 0 fully saturated rings. The number of ether oxygens (including phenoxy) is 2. The van der Waals surface area contributed by atoms with Crippen LogP contribution in [0, 0.1) is 13.8 Å². The Morgan fingerprint density at radius 1 is 1.06 bits per heavy atom. The number of alkyl halides is 3. The highest BCUT2D eigenvalue weighted by atomic mass is 19.4. The fourth-order valence-electron chi connectivity index (χ4n) is 1.54. The second-order valence-corrected chi connectivity index (χ2v) is 3.43. The largest absolute Gasteiger partial charge is 0.496 e. The van der Waals surface area contributed by atoms with Crippen molar-refractivity contribution < 1.29 is 22.6 Å². The normalized spacial score (nSPS) is 11.4. The lowest BCUT2D eigenvalue weighted by atomic mass is 10.0. The van der Waals surface area contributed by atoms with Crippen LogP contribution >= 0.6 is 0 Å². The number of hydrogen-bond donors (Lipinski definition) is 0. The molecule has 0 unspecified atom stereocenters. The smallest absolute Gasteiger partial charge is 0.423 e. The maximum absolute atomic E-state index is 12.8. The molecule has 0 spiro atoms. The summed E-state index contributed by atoms with van der Waals surface area (Å²) in [5.74, 6) is -0.392. The first-order valence-electron chi connectivity index (χ1n) is 4.62. The average molecular weight is 234 g/mol. The number of benzene rings is 1. The zero-order chi connectivity index (χ0) is 12.5. The Morgan fingerprint density at radius 3 is 2.00 bits per heavy atom. The van der Waals surface area contributed by atoms with E-state index >= 15 is 0 Å². The molecule has 0 saturated carbocycles. The molecule has 2 nitrogen and oxygen atoms in total. The van der Waals surface area contributed by atoms with Crippen LogP contribution in [0.3, 0.4) is 0 Å². The molecule has 90 valence electrons. The van der Waals surface area contributed by atoms with Gasteiger partial charge in [0.05, 0.1) is 14.2 Å². The van der Waals surface area contributed by atoms with E-state index in [0.29, 0.717) is 11.1 Å². The summed E-state index contributed by atoms with van der Waals surface area (Å²) in [5, 5.41) is 0. The lowest BCUT2D eigenvalue weighted by molar-refractivity contribution is -0.140. The maximum atomic E-state index is 12.8. The van der Waals surface area contributed by atoms with E-state index in [1.165, 1.54) is 20.3 Å². The Hall–Kier alpha value is -1.39. The topological polar surface area (TPSA) is 18.5 Å². The minimum atomic E-state index is -4.49. The molecule has 0 aliphatic carbocycles. The van der Waals surface area contributed by atoms with Gasteiger partial charge in [-0.05, 0) is 31.0 Å². The summed E-state index contributed by atoms with van der Waals surface area (Å²) < 4.78 is 48.1. The monoisotopic (exact) mass is 234 g/mol. The van der Waals surface area contributed by atoms with Crippen molar-refractivity contribution in [2.75, 3.05) is 14.2 Å². The minimum Gasteiger partial charge on any atom is -0.496 e. The number of hydrogen-bond acceptors (Lipinski definition) is 2. The first kappa shape index (κ1) is 12.7. The van der Waals surface area contributed by atoms with Crippen molar-refractivity contribution in [2.45, 2.75) is 20.0 Å². The van der Waals surface area contributed by atoms with E-state index in [-0.39, 0.29) is 11.5 Å². The minimum absolute atomic E-state index is 0.177. The molecule has 0 amide bonds. The van der Waals surface area contributed by atoms with Gasteiger partial charge in [-0.15, -0.1) is 0 Å². The van der Waals surface area contributed by atoms with Gasteiger partial charge in [-0.2, -0.15) is 13.2 Å². The van der Waals surface area contributed by atoms with Gasteiger partial charge in [0.25, 0.3) is 0 Å². The molecule has 0 heterocycles. The van der Waals surface area contributed by atoms with Gasteiger partial charge in [0.1, 0.15) is 17.1 Å². The number of aryl methyl sites for hydroxylation is 1. The second kappa shape index (κ2) is 4.23. The van der Waals surface area contributed by atoms with Gasteiger partial charge in [0.15, 0.2) is 0 Å². The Kier molecular flexibility index (Phi) is 3.35. The van der Waals surface area contributed by atoms with Crippen molar-refractivity contribution >= 4 is 0 Å². The van der Waals surface area contributed by atoms with Crippen molar-refractivity contribution in [3.63, 3.8) is 0 Å². The van der Waals surface area contributed by atoms with Crippen LogP contribution in [0.4, 0.5) is 13.2 Å². The number of rotatable bonds is 2. The zero-order valence-electron chi connectivity index (χ0n) is 9.53. The predicted octanol–water partition coefficient (Wildman–Crippen LogP) is 3.34. The molecule has 1 rings (SSSR count). The van der Waals surface area contributed by atoms with Crippen LogP contribution in [0.15, 0.2) is 6.07 Å². The summed E-state index contributed by atoms with van der Waals surface area (Å²) in [6.07, 6.45) is -4.49. The van der Waals surface area contributed by atoms with E-state index in [1.807, 2.05) is 0 Å². The molecule has 0 radical (unpaired) electrons. The Balaban J connectivity index is 3.60. The van der Waals surface area contributed by atoms with E-state index in [1.54, 1.807) is 13.8 Å². The van der Waals surface area contributed by atoms with Crippen LogP contribution in [0.2, 0.25) is 0 Å². The molecule has 0 bridgehead atoms. The number of halogens is 3. The highest BCUT2D eigenvalue weighted by Gasteiger charge is 2.39. The summed E-state index contributed by atoms with van der Waals surface area (Å²) in [6, 6.07) is 1.36. The van der Waals surface area contributed by atoms with Crippen LogP contribution in [-0.2, 0) is 6.18 Å². The van der Waals surface area contributed by atoms with Gasteiger partial charge < -0.3 is 9.47 Å². The molecule has 0 aliphatic rings. The first-order valence-corrected chi connectivity index (χ1v) is 4.62. The van der Waals surface area contributed by atoms with E-state index in [4.69, 9.17) is 9.47 Å². The summed E-state index contributed by atoms with van der Waals surface area (Å²) in [6.45, 7) is 3.30. The Bertz CT molecular complexity index is 397. The Morgan fingerprint density at radius 2 is 1.62 bits per heavy atom. The van der Waals surface area contributed by atoms with Gasteiger partial charge in [-0.1, -0.05) is 0 Å². The predicted molar refractivity (Wildman–Crippen MR) is 54.0 cm³/mol. The third-order valence-electron chi connectivity index (χ3n) is 2.46. The van der Waals surface area contributed by atoms with Crippen LogP contribution in [0.1, 0.15) is 16.7 Å².